The number of aliphatic imine (C=N–C) groups is 1. The Balaban J connectivity index is 1.34. The maximum atomic E-state index is 6.51. The molecule has 0 radical (unpaired) electrons. The van der Waals surface area contributed by atoms with E-state index in [2.05, 4.69) is 130 Å². The van der Waals surface area contributed by atoms with Crippen molar-refractivity contribution in [3.05, 3.63) is 217 Å². The molecule has 49 heavy (non-hydrogen) atoms. The number of hydrogen-bond donors (Lipinski definition) is 0. The van der Waals surface area contributed by atoms with Gasteiger partial charge in [-0.3, -0.25) is 0 Å². The molecule has 0 heterocycles. The van der Waals surface area contributed by atoms with Crippen molar-refractivity contribution < 1.29 is 0 Å². The molecule has 0 unspecified atom stereocenters. The van der Waals surface area contributed by atoms with E-state index in [0.29, 0.717) is 0 Å². The van der Waals surface area contributed by atoms with Crippen molar-refractivity contribution in [1.82, 2.24) is 0 Å². The van der Waals surface area contributed by atoms with Crippen molar-refractivity contribution in [2.45, 2.75) is 33.6 Å². The summed E-state index contributed by atoms with van der Waals surface area (Å²) in [4.78, 5) is 5.24. The molecule has 0 saturated carbocycles. The predicted octanol–water partition coefficient (Wildman–Crippen LogP) is 12.7. The number of rotatable bonds is 7. The molecule has 0 atom stereocenters. The van der Waals surface area contributed by atoms with Crippen molar-refractivity contribution in [2.24, 2.45) is 4.99 Å². The molecular formula is C46H37Cl2N. The first-order chi connectivity index (χ1) is 23.8. The van der Waals surface area contributed by atoms with Crippen molar-refractivity contribution >= 4 is 45.7 Å². The van der Waals surface area contributed by atoms with Gasteiger partial charge in [-0.2, -0.15) is 0 Å². The summed E-state index contributed by atoms with van der Waals surface area (Å²) in [5, 5.41) is 1.59. The molecule has 1 aliphatic rings. The molecule has 240 valence electrons. The fourth-order valence-electron chi connectivity index (χ4n) is 6.85. The van der Waals surface area contributed by atoms with Crippen LogP contribution in [0.2, 0.25) is 10.0 Å². The molecule has 1 nitrogen and oxygen atoms in total. The van der Waals surface area contributed by atoms with Crippen molar-refractivity contribution in [1.29, 1.82) is 0 Å². The third kappa shape index (κ3) is 7.10. The van der Waals surface area contributed by atoms with Crippen LogP contribution in [0, 0.1) is 20.8 Å². The van der Waals surface area contributed by atoms with E-state index in [1.165, 1.54) is 44.5 Å². The monoisotopic (exact) mass is 673 g/mol. The highest BCUT2D eigenvalue weighted by Gasteiger charge is 2.21. The molecule has 6 aromatic carbocycles. The number of allylic oxidation sites excluding steroid dienone is 3. The Bertz CT molecular complexity index is 2140. The third-order valence-corrected chi connectivity index (χ3v) is 9.97. The summed E-state index contributed by atoms with van der Waals surface area (Å²) in [5.41, 5.74) is 17.3. The molecule has 7 rings (SSSR count). The van der Waals surface area contributed by atoms with E-state index in [1.807, 2.05) is 36.4 Å². The highest BCUT2D eigenvalue weighted by Crippen LogP contribution is 2.39. The molecule has 0 bridgehead atoms. The highest BCUT2D eigenvalue weighted by molar-refractivity contribution is 6.31. The number of fused-ring (bicyclic) bond motifs is 1. The standard InChI is InChI=1S/C46H37Cl2N/c1-30-26-31(2)46(32(3)27-30)49-44-25-24-41(39-12-6-7-13-40(39)44)45(35-20-16-33(17-21-35)28-37-10-4-8-14-42(37)47)36-22-18-34(19-23-36)29-38-11-5-9-15-43(38)48/h4-27H,28-29H2,1-3H3. The first-order valence-electron chi connectivity index (χ1n) is 16.7. The maximum absolute atomic E-state index is 6.51. The SMILES string of the molecule is Cc1cc(C)c(N=C2C=CC(=C(c3ccc(Cc4ccccc4Cl)cc3)c3ccc(Cc4ccccc4Cl)cc3)c3ccccc32)c(C)c1. The van der Waals surface area contributed by atoms with Crippen molar-refractivity contribution in [2.75, 3.05) is 0 Å². The second kappa shape index (κ2) is 14.3. The van der Waals surface area contributed by atoms with Crippen molar-refractivity contribution in [3.63, 3.8) is 0 Å². The van der Waals surface area contributed by atoms with Crippen LogP contribution in [0.15, 0.2) is 151 Å². The van der Waals surface area contributed by atoms with Gasteiger partial charge < -0.3 is 0 Å². The molecule has 0 fully saturated rings. The largest absolute Gasteiger partial charge is 0.248 e. The Hall–Kier alpha value is -4.95. The van der Waals surface area contributed by atoms with Gasteiger partial charge in [-0.15, -0.1) is 0 Å². The minimum absolute atomic E-state index is 0.781. The van der Waals surface area contributed by atoms with Crippen LogP contribution in [0.25, 0.3) is 11.1 Å². The van der Waals surface area contributed by atoms with E-state index < -0.39 is 0 Å². The van der Waals surface area contributed by atoms with E-state index in [-0.39, 0.29) is 0 Å². The lowest BCUT2D eigenvalue weighted by molar-refractivity contribution is 1.19. The summed E-state index contributed by atoms with van der Waals surface area (Å²) in [5.74, 6) is 0. The zero-order valence-electron chi connectivity index (χ0n) is 28.0. The van der Waals surface area contributed by atoms with Gasteiger partial charge in [0.25, 0.3) is 0 Å². The van der Waals surface area contributed by atoms with Gasteiger partial charge in [-0.25, -0.2) is 4.99 Å². The van der Waals surface area contributed by atoms with Gasteiger partial charge in [-0.1, -0.05) is 156 Å². The second-order valence-electron chi connectivity index (χ2n) is 12.8. The minimum atomic E-state index is 0.781. The topological polar surface area (TPSA) is 12.4 Å². The molecular weight excluding hydrogens is 637 g/mol. The van der Waals surface area contributed by atoms with Crippen LogP contribution in [0.3, 0.4) is 0 Å². The van der Waals surface area contributed by atoms with Crippen LogP contribution >= 0.6 is 23.2 Å². The van der Waals surface area contributed by atoms with Crippen LogP contribution in [0.5, 0.6) is 0 Å². The summed E-state index contributed by atoms with van der Waals surface area (Å²) >= 11 is 13.0. The van der Waals surface area contributed by atoms with Crippen LogP contribution in [-0.4, -0.2) is 5.71 Å². The summed E-state index contributed by atoms with van der Waals surface area (Å²) in [7, 11) is 0. The van der Waals surface area contributed by atoms with E-state index in [1.54, 1.807) is 0 Å². The van der Waals surface area contributed by atoms with Gasteiger partial charge in [0.05, 0.1) is 11.4 Å². The Morgan fingerprint density at radius 2 is 1.00 bits per heavy atom. The van der Waals surface area contributed by atoms with Gasteiger partial charge >= 0.3 is 0 Å². The molecule has 0 aromatic heterocycles. The Kier molecular flexibility index (Phi) is 9.49. The number of halogens is 2. The predicted molar refractivity (Wildman–Crippen MR) is 210 cm³/mol. The molecule has 0 N–H and O–H groups in total. The van der Waals surface area contributed by atoms with E-state index in [9.17, 15) is 0 Å². The Labute approximate surface area is 299 Å². The van der Waals surface area contributed by atoms with Crippen LogP contribution in [0.1, 0.15) is 61.2 Å². The summed E-state index contributed by atoms with van der Waals surface area (Å²) in [6.07, 6.45) is 5.98. The Morgan fingerprint density at radius 3 is 1.51 bits per heavy atom. The van der Waals surface area contributed by atoms with Gasteiger partial charge in [0.15, 0.2) is 0 Å². The first-order valence-corrected chi connectivity index (χ1v) is 17.4. The van der Waals surface area contributed by atoms with Crippen molar-refractivity contribution in [3.8, 4) is 0 Å². The van der Waals surface area contributed by atoms with Crippen LogP contribution < -0.4 is 0 Å². The average molecular weight is 675 g/mol. The first kappa shape index (κ1) is 32.6. The quantitative estimate of drug-likeness (QED) is 0.160. The van der Waals surface area contributed by atoms with E-state index >= 15 is 0 Å². The number of aryl methyl sites for hydroxylation is 3. The lowest BCUT2D eigenvalue weighted by Gasteiger charge is -2.22. The summed E-state index contributed by atoms with van der Waals surface area (Å²) < 4.78 is 0. The molecule has 0 saturated heterocycles. The summed E-state index contributed by atoms with van der Waals surface area (Å²) in [6.45, 7) is 6.43. The maximum Gasteiger partial charge on any atom is 0.0715 e. The minimum Gasteiger partial charge on any atom is -0.248 e. The number of benzene rings is 6. The Morgan fingerprint density at radius 1 is 0.531 bits per heavy atom. The fraction of sp³-hybridized carbons (Fsp3) is 0.109. The average Bonchev–Trinajstić information content (AvgIpc) is 3.10. The fourth-order valence-corrected chi connectivity index (χ4v) is 7.25. The molecule has 0 aliphatic heterocycles. The van der Waals surface area contributed by atoms with Gasteiger partial charge in [0, 0.05) is 15.6 Å². The van der Waals surface area contributed by atoms with Gasteiger partial charge in [0.2, 0.25) is 0 Å². The van der Waals surface area contributed by atoms with E-state index in [0.717, 1.165) is 62.1 Å². The molecule has 0 spiro atoms. The lowest BCUT2D eigenvalue weighted by atomic mass is 9.83. The normalized spacial score (nSPS) is 13.1. The molecule has 0 amide bonds. The third-order valence-electron chi connectivity index (χ3n) is 9.23. The van der Waals surface area contributed by atoms with Gasteiger partial charge in [-0.05, 0) is 113 Å². The van der Waals surface area contributed by atoms with Crippen LogP contribution in [-0.2, 0) is 12.8 Å². The van der Waals surface area contributed by atoms with Crippen LogP contribution in [0.4, 0.5) is 5.69 Å². The zero-order chi connectivity index (χ0) is 33.9. The number of nitrogens with zero attached hydrogens (tertiary/aromatic N) is 1. The zero-order valence-corrected chi connectivity index (χ0v) is 29.5. The van der Waals surface area contributed by atoms with E-state index in [4.69, 9.17) is 28.2 Å². The number of hydrogen-bond acceptors (Lipinski definition) is 1. The summed E-state index contributed by atoms with van der Waals surface area (Å²) in [6, 6.07) is 47.0. The smallest absolute Gasteiger partial charge is 0.0715 e. The highest BCUT2D eigenvalue weighted by atomic mass is 35.5. The van der Waals surface area contributed by atoms with Gasteiger partial charge in [0.1, 0.15) is 0 Å². The second-order valence-corrected chi connectivity index (χ2v) is 13.7. The lowest BCUT2D eigenvalue weighted by Crippen LogP contribution is -2.08. The molecule has 6 aromatic rings. The molecule has 1 aliphatic carbocycles. The molecule has 3 heteroatoms.